The van der Waals surface area contributed by atoms with E-state index in [1.54, 1.807) is 0 Å². The van der Waals surface area contributed by atoms with Gasteiger partial charge in [0.2, 0.25) is 0 Å². The summed E-state index contributed by atoms with van der Waals surface area (Å²) in [7, 11) is 2.12. The monoisotopic (exact) mass is 268 g/mol. The maximum Gasteiger partial charge on any atom is 0.0624 e. The van der Waals surface area contributed by atoms with Crippen molar-refractivity contribution in [2.45, 2.75) is 19.5 Å². The Hall–Kier alpha value is -0.610. The van der Waals surface area contributed by atoms with Crippen molar-refractivity contribution in [2.24, 2.45) is 11.1 Å². The van der Waals surface area contributed by atoms with Crippen LogP contribution in [0, 0.1) is 5.41 Å². The summed E-state index contributed by atoms with van der Waals surface area (Å²) >= 11 is 5.88. The third-order valence-electron chi connectivity index (χ3n) is 3.62. The molecule has 18 heavy (non-hydrogen) atoms. The number of nitrogens with zero attached hydrogens (tertiary/aromatic N) is 1. The maximum absolute atomic E-state index is 6.11. The summed E-state index contributed by atoms with van der Waals surface area (Å²) in [4.78, 5) is 2.29. The van der Waals surface area contributed by atoms with Gasteiger partial charge in [-0.3, -0.25) is 0 Å². The molecule has 1 aromatic carbocycles. The molecule has 1 heterocycles. The fraction of sp³-hybridized carbons (Fsp3) is 0.571. The second-order valence-electron chi connectivity index (χ2n) is 5.57. The first kappa shape index (κ1) is 13.8. The number of rotatable bonds is 4. The highest BCUT2D eigenvalue weighted by molar-refractivity contribution is 6.30. The van der Waals surface area contributed by atoms with Crippen LogP contribution in [0.15, 0.2) is 24.3 Å². The van der Waals surface area contributed by atoms with Crippen molar-refractivity contribution in [3.8, 4) is 0 Å². The summed E-state index contributed by atoms with van der Waals surface area (Å²) in [5, 5.41) is 0.777. The summed E-state index contributed by atoms with van der Waals surface area (Å²) in [5.41, 5.74) is 7.42. The molecule has 1 aliphatic heterocycles. The average molecular weight is 269 g/mol. The molecule has 0 radical (unpaired) electrons. The van der Waals surface area contributed by atoms with Gasteiger partial charge in [0.05, 0.1) is 13.2 Å². The number of nitrogens with two attached hydrogens (primary N) is 1. The van der Waals surface area contributed by atoms with E-state index < -0.39 is 0 Å². The topological polar surface area (TPSA) is 38.5 Å². The molecule has 2 atom stereocenters. The Bertz CT molecular complexity index is 395. The van der Waals surface area contributed by atoms with Crippen molar-refractivity contribution in [1.82, 2.24) is 4.90 Å². The normalized spacial score (nSPS) is 27.9. The van der Waals surface area contributed by atoms with Crippen LogP contribution in [-0.4, -0.2) is 37.7 Å². The molecule has 0 bridgehead atoms. The van der Waals surface area contributed by atoms with Crippen LogP contribution in [0.1, 0.15) is 12.5 Å². The van der Waals surface area contributed by atoms with E-state index in [9.17, 15) is 0 Å². The smallest absolute Gasteiger partial charge is 0.0624 e. The zero-order chi connectivity index (χ0) is 13.2. The molecule has 1 saturated heterocycles. The second kappa shape index (κ2) is 5.57. The highest BCUT2D eigenvalue weighted by atomic mass is 35.5. The molecule has 2 N–H and O–H groups in total. The van der Waals surface area contributed by atoms with Crippen LogP contribution in [0.5, 0.6) is 0 Å². The minimum atomic E-state index is 0.0567. The standard InChI is InChI=1S/C14H21ClN2O/c1-14(10-18-8-13(14)16)9-17(2)7-11-3-5-12(15)6-4-11/h3-6,13H,7-10,16H2,1-2H3. The molecule has 1 fully saturated rings. The molecule has 0 aromatic heterocycles. The summed E-state index contributed by atoms with van der Waals surface area (Å²) in [6, 6.07) is 8.11. The van der Waals surface area contributed by atoms with E-state index in [4.69, 9.17) is 22.1 Å². The van der Waals surface area contributed by atoms with Gasteiger partial charge >= 0.3 is 0 Å². The molecule has 1 aromatic rings. The van der Waals surface area contributed by atoms with E-state index in [0.29, 0.717) is 6.61 Å². The van der Waals surface area contributed by atoms with Gasteiger partial charge < -0.3 is 15.4 Å². The van der Waals surface area contributed by atoms with Crippen LogP contribution in [-0.2, 0) is 11.3 Å². The highest BCUT2D eigenvalue weighted by Gasteiger charge is 2.38. The van der Waals surface area contributed by atoms with Crippen LogP contribution in [0.4, 0.5) is 0 Å². The van der Waals surface area contributed by atoms with Crippen molar-refractivity contribution in [3.63, 3.8) is 0 Å². The molecular formula is C14H21ClN2O. The molecule has 0 amide bonds. The first-order chi connectivity index (χ1) is 8.49. The lowest BCUT2D eigenvalue weighted by Crippen LogP contribution is -2.45. The third-order valence-corrected chi connectivity index (χ3v) is 3.87. The van der Waals surface area contributed by atoms with E-state index in [1.807, 2.05) is 12.1 Å². The van der Waals surface area contributed by atoms with Crippen molar-refractivity contribution in [2.75, 3.05) is 26.8 Å². The second-order valence-corrected chi connectivity index (χ2v) is 6.01. The minimum absolute atomic E-state index is 0.0567. The Labute approximate surface area is 114 Å². The Morgan fingerprint density at radius 2 is 2.11 bits per heavy atom. The van der Waals surface area contributed by atoms with Gasteiger partial charge in [-0.1, -0.05) is 30.7 Å². The molecule has 0 spiro atoms. The van der Waals surface area contributed by atoms with Crippen molar-refractivity contribution >= 4 is 11.6 Å². The summed E-state index contributed by atoms with van der Waals surface area (Å²) < 4.78 is 5.47. The van der Waals surface area contributed by atoms with Gasteiger partial charge in [-0.2, -0.15) is 0 Å². The lowest BCUT2D eigenvalue weighted by atomic mass is 9.85. The lowest BCUT2D eigenvalue weighted by molar-refractivity contribution is 0.128. The fourth-order valence-corrected chi connectivity index (χ4v) is 2.59. The molecule has 100 valence electrons. The van der Waals surface area contributed by atoms with Crippen molar-refractivity contribution < 1.29 is 4.74 Å². The molecule has 4 heteroatoms. The molecule has 3 nitrogen and oxygen atoms in total. The first-order valence-electron chi connectivity index (χ1n) is 6.26. The van der Waals surface area contributed by atoms with Crippen LogP contribution in [0.3, 0.4) is 0 Å². The number of benzene rings is 1. The molecular weight excluding hydrogens is 248 g/mol. The predicted octanol–water partition coefficient (Wildman–Crippen LogP) is 2.14. The van der Waals surface area contributed by atoms with Gasteiger partial charge in [0.15, 0.2) is 0 Å². The van der Waals surface area contributed by atoms with E-state index >= 15 is 0 Å². The van der Waals surface area contributed by atoms with Gasteiger partial charge in [-0.25, -0.2) is 0 Å². The fourth-order valence-electron chi connectivity index (χ4n) is 2.46. The van der Waals surface area contributed by atoms with Gasteiger partial charge in [0.25, 0.3) is 0 Å². The van der Waals surface area contributed by atoms with Crippen LogP contribution in [0.2, 0.25) is 5.02 Å². The number of halogens is 1. The highest BCUT2D eigenvalue weighted by Crippen LogP contribution is 2.28. The van der Waals surface area contributed by atoms with E-state index in [0.717, 1.165) is 24.7 Å². The van der Waals surface area contributed by atoms with Crippen molar-refractivity contribution in [1.29, 1.82) is 0 Å². The summed E-state index contributed by atoms with van der Waals surface area (Å²) in [5.74, 6) is 0. The van der Waals surface area contributed by atoms with E-state index in [1.165, 1.54) is 5.56 Å². The Morgan fingerprint density at radius 3 is 2.67 bits per heavy atom. The zero-order valence-corrected chi connectivity index (χ0v) is 11.8. The molecule has 0 aliphatic carbocycles. The van der Waals surface area contributed by atoms with Gasteiger partial charge in [-0.15, -0.1) is 0 Å². The van der Waals surface area contributed by atoms with E-state index in [-0.39, 0.29) is 11.5 Å². The Morgan fingerprint density at radius 1 is 1.44 bits per heavy atom. The SMILES string of the molecule is CN(Cc1ccc(Cl)cc1)CC1(C)COCC1N. The summed E-state index contributed by atoms with van der Waals surface area (Å²) in [6.07, 6.45) is 0. The first-order valence-corrected chi connectivity index (χ1v) is 6.64. The van der Waals surface area contributed by atoms with Gasteiger partial charge in [-0.05, 0) is 24.7 Å². The number of hydrogen-bond donors (Lipinski definition) is 1. The zero-order valence-electron chi connectivity index (χ0n) is 11.0. The largest absolute Gasteiger partial charge is 0.379 e. The molecule has 2 unspecified atom stereocenters. The van der Waals surface area contributed by atoms with Gasteiger partial charge in [0.1, 0.15) is 0 Å². The average Bonchev–Trinajstić information content (AvgIpc) is 2.62. The number of ether oxygens (including phenoxy) is 1. The molecule has 1 aliphatic rings. The maximum atomic E-state index is 6.11. The van der Waals surface area contributed by atoms with E-state index in [2.05, 4.69) is 31.0 Å². The molecule has 0 saturated carbocycles. The Kier molecular flexibility index (Phi) is 4.28. The minimum Gasteiger partial charge on any atom is -0.379 e. The number of hydrogen-bond acceptors (Lipinski definition) is 3. The van der Waals surface area contributed by atoms with Gasteiger partial charge in [0, 0.05) is 29.6 Å². The lowest BCUT2D eigenvalue weighted by Gasteiger charge is -2.32. The van der Waals surface area contributed by atoms with Crippen LogP contribution >= 0.6 is 11.6 Å². The van der Waals surface area contributed by atoms with Crippen LogP contribution in [0.25, 0.3) is 0 Å². The summed E-state index contributed by atoms with van der Waals surface area (Å²) in [6.45, 7) is 5.46. The quantitative estimate of drug-likeness (QED) is 0.909. The predicted molar refractivity (Wildman–Crippen MR) is 74.7 cm³/mol. The third kappa shape index (κ3) is 3.23. The molecule has 2 rings (SSSR count). The Balaban J connectivity index is 1.92. The van der Waals surface area contributed by atoms with Crippen LogP contribution < -0.4 is 5.73 Å². The van der Waals surface area contributed by atoms with Crippen molar-refractivity contribution in [3.05, 3.63) is 34.9 Å².